The van der Waals surface area contributed by atoms with Crippen LogP contribution in [0.5, 0.6) is 0 Å². The number of esters is 1. The number of hydrogen-bond donors (Lipinski definition) is 1. The third-order valence-electron chi connectivity index (χ3n) is 3.02. The first-order valence-electron chi connectivity index (χ1n) is 6.32. The fourth-order valence-corrected chi connectivity index (χ4v) is 1.95. The first-order valence-corrected chi connectivity index (χ1v) is 6.32. The Balaban J connectivity index is 2.14. The molecule has 0 spiro atoms. The molecule has 0 amide bonds. The number of rotatable bonds is 5. The summed E-state index contributed by atoms with van der Waals surface area (Å²) in [7, 11) is 1.34. The highest BCUT2D eigenvalue weighted by molar-refractivity contribution is 5.77. The lowest BCUT2D eigenvalue weighted by Gasteiger charge is -2.17. The summed E-state index contributed by atoms with van der Waals surface area (Å²) in [5.74, 6) is -0.691. The van der Waals surface area contributed by atoms with E-state index in [4.69, 9.17) is 4.74 Å². The number of halogens is 1. The minimum absolute atomic E-state index is 0.251. The van der Waals surface area contributed by atoms with Crippen LogP contribution in [0.1, 0.15) is 17.2 Å². The maximum absolute atomic E-state index is 13.6. The molecule has 1 N–H and O–H groups in total. The van der Waals surface area contributed by atoms with Gasteiger partial charge in [-0.3, -0.25) is 5.32 Å². The van der Waals surface area contributed by atoms with E-state index in [2.05, 4.69) is 5.32 Å². The van der Waals surface area contributed by atoms with Crippen molar-refractivity contribution in [1.82, 2.24) is 5.32 Å². The van der Waals surface area contributed by atoms with Gasteiger partial charge in [0, 0.05) is 12.1 Å². The Bertz CT molecular complexity index is 572. The third kappa shape index (κ3) is 3.42. The van der Waals surface area contributed by atoms with Crippen molar-refractivity contribution in [1.29, 1.82) is 0 Å². The average Bonchev–Trinajstić information content (AvgIpc) is 2.50. The van der Waals surface area contributed by atoms with Gasteiger partial charge >= 0.3 is 5.97 Å². The van der Waals surface area contributed by atoms with E-state index in [0.29, 0.717) is 5.56 Å². The molecule has 0 heterocycles. The van der Waals surface area contributed by atoms with Crippen LogP contribution in [0.15, 0.2) is 54.6 Å². The molecule has 0 radical (unpaired) electrons. The molecule has 20 heavy (non-hydrogen) atoms. The number of hydrogen-bond acceptors (Lipinski definition) is 3. The first-order chi connectivity index (χ1) is 9.72. The van der Waals surface area contributed by atoms with Gasteiger partial charge in [0.2, 0.25) is 0 Å². The molecular formula is C16H16FNO2. The van der Waals surface area contributed by atoms with E-state index in [9.17, 15) is 9.18 Å². The molecule has 1 unspecified atom stereocenters. The average molecular weight is 273 g/mol. The van der Waals surface area contributed by atoms with Crippen LogP contribution in [0.25, 0.3) is 0 Å². The van der Waals surface area contributed by atoms with Gasteiger partial charge in [-0.1, -0.05) is 48.5 Å². The number of methoxy groups -OCH3 is 1. The van der Waals surface area contributed by atoms with E-state index in [1.807, 2.05) is 30.3 Å². The molecule has 0 aliphatic rings. The Hall–Kier alpha value is -2.20. The molecule has 104 valence electrons. The van der Waals surface area contributed by atoms with Crippen LogP contribution >= 0.6 is 0 Å². The maximum atomic E-state index is 13.6. The first kappa shape index (κ1) is 14.2. The molecule has 0 aliphatic heterocycles. The van der Waals surface area contributed by atoms with Gasteiger partial charge in [-0.05, 0) is 11.6 Å². The second-order valence-electron chi connectivity index (χ2n) is 4.34. The second kappa shape index (κ2) is 6.82. The highest BCUT2D eigenvalue weighted by Gasteiger charge is 2.20. The lowest BCUT2D eigenvalue weighted by Crippen LogP contribution is -2.29. The molecule has 1 atom stereocenters. The van der Waals surface area contributed by atoms with Gasteiger partial charge in [-0.15, -0.1) is 0 Å². The summed E-state index contributed by atoms with van der Waals surface area (Å²) in [4.78, 5) is 11.8. The Morgan fingerprint density at radius 1 is 1.15 bits per heavy atom. The van der Waals surface area contributed by atoms with Crippen molar-refractivity contribution >= 4 is 5.97 Å². The van der Waals surface area contributed by atoms with Gasteiger partial charge < -0.3 is 4.74 Å². The van der Waals surface area contributed by atoms with E-state index < -0.39 is 12.0 Å². The molecule has 0 bridgehead atoms. The fourth-order valence-electron chi connectivity index (χ4n) is 1.95. The van der Waals surface area contributed by atoms with Gasteiger partial charge in [-0.2, -0.15) is 0 Å². The smallest absolute Gasteiger partial charge is 0.327 e. The fraction of sp³-hybridized carbons (Fsp3) is 0.188. The molecule has 0 aromatic heterocycles. The summed E-state index contributed by atoms with van der Waals surface area (Å²) in [5.41, 5.74) is 1.30. The molecule has 0 saturated heterocycles. The van der Waals surface area contributed by atoms with Crippen molar-refractivity contribution in [2.24, 2.45) is 0 Å². The summed E-state index contributed by atoms with van der Waals surface area (Å²) in [6.45, 7) is 0.251. The standard InChI is InChI=1S/C16H16FNO2/c1-20-16(19)15(12-7-3-2-4-8-12)18-11-13-9-5-6-10-14(13)17/h2-10,15,18H,11H2,1H3. The summed E-state index contributed by atoms with van der Waals surface area (Å²) < 4.78 is 18.4. The summed E-state index contributed by atoms with van der Waals surface area (Å²) >= 11 is 0. The minimum Gasteiger partial charge on any atom is -0.468 e. The normalized spacial score (nSPS) is 11.9. The van der Waals surface area contributed by atoms with E-state index in [1.165, 1.54) is 13.2 Å². The third-order valence-corrected chi connectivity index (χ3v) is 3.02. The predicted octanol–water partition coefficient (Wildman–Crippen LogP) is 2.83. The number of carbonyl (C=O) groups is 1. The monoisotopic (exact) mass is 273 g/mol. The Morgan fingerprint density at radius 3 is 2.45 bits per heavy atom. The lowest BCUT2D eigenvalue weighted by molar-refractivity contribution is -0.143. The van der Waals surface area contributed by atoms with Crippen LogP contribution in [0.2, 0.25) is 0 Å². The van der Waals surface area contributed by atoms with E-state index >= 15 is 0 Å². The largest absolute Gasteiger partial charge is 0.468 e. The number of nitrogens with one attached hydrogen (secondary N) is 1. The quantitative estimate of drug-likeness (QED) is 0.851. The number of benzene rings is 2. The zero-order valence-corrected chi connectivity index (χ0v) is 11.2. The molecule has 4 heteroatoms. The Morgan fingerprint density at radius 2 is 1.80 bits per heavy atom. The van der Waals surface area contributed by atoms with Crippen LogP contribution in [0.3, 0.4) is 0 Å². The van der Waals surface area contributed by atoms with Gasteiger partial charge in [0.25, 0.3) is 0 Å². The van der Waals surface area contributed by atoms with Crippen LogP contribution < -0.4 is 5.32 Å². The summed E-state index contributed by atoms with van der Waals surface area (Å²) in [5, 5.41) is 3.03. The van der Waals surface area contributed by atoms with Crippen molar-refractivity contribution in [3.05, 3.63) is 71.5 Å². The predicted molar refractivity (Wildman–Crippen MR) is 74.4 cm³/mol. The molecule has 0 aliphatic carbocycles. The van der Waals surface area contributed by atoms with E-state index in [1.54, 1.807) is 18.2 Å². The minimum atomic E-state index is -0.610. The molecular weight excluding hydrogens is 257 g/mol. The summed E-state index contributed by atoms with van der Waals surface area (Å²) in [6.07, 6.45) is 0. The van der Waals surface area contributed by atoms with Gasteiger partial charge in [0.15, 0.2) is 0 Å². The summed E-state index contributed by atoms with van der Waals surface area (Å²) in [6, 6.07) is 15.1. The van der Waals surface area contributed by atoms with Crippen molar-refractivity contribution < 1.29 is 13.9 Å². The highest BCUT2D eigenvalue weighted by atomic mass is 19.1. The van der Waals surface area contributed by atoms with Crippen molar-refractivity contribution in [2.75, 3.05) is 7.11 Å². The molecule has 0 fully saturated rings. The molecule has 0 saturated carbocycles. The number of carbonyl (C=O) groups excluding carboxylic acids is 1. The van der Waals surface area contributed by atoms with Crippen LogP contribution in [-0.4, -0.2) is 13.1 Å². The highest BCUT2D eigenvalue weighted by Crippen LogP contribution is 2.16. The Labute approximate surface area is 117 Å². The van der Waals surface area contributed by atoms with E-state index in [0.717, 1.165) is 5.56 Å². The van der Waals surface area contributed by atoms with Crippen molar-refractivity contribution in [3.8, 4) is 0 Å². The SMILES string of the molecule is COC(=O)C(NCc1ccccc1F)c1ccccc1. The number of ether oxygens (including phenoxy) is 1. The van der Waals surface area contributed by atoms with Crippen molar-refractivity contribution in [2.45, 2.75) is 12.6 Å². The zero-order chi connectivity index (χ0) is 14.4. The van der Waals surface area contributed by atoms with Crippen LogP contribution in [0, 0.1) is 5.82 Å². The molecule has 3 nitrogen and oxygen atoms in total. The van der Waals surface area contributed by atoms with Gasteiger partial charge in [0.1, 0.15) is 11.9 Å². The topological polar surface area (TPSA) is 38.3 Å². The lowest BCUT2D eigenvalue weighted by atomic mass is 10.1. The Kier molecular flexibility index (Phi) is 4.85. The van der Waals surface area contributed by atoms with E-state index in [-0.39, 0.29) is 12.4 Å². The van der Waals surface area contributed by atoms with Gasteiger partial charge in [-0.25, -0.2) is 9.18 Å². The maximum Gasteiger partial charge on any atom is 0.327 e. The second-order valence-corrected chi connectivity index (χ2v) is 4.34. The van der Waals surface area contributed by atoms with Crippen LogP contribution in [0.4, 0.5) is 4.39 Å². The zero-order valence-electron chi connectivity index (χ0n) is 11.2. The van der Waals surface area contributed by atoms with Crippen molar-refractivity contribution in [3.63, 3.8) is 0 Å². The van der Waals surface area contributed by atoms with Crippen LogP contribution in [-0.2, 0) is 16.1 Å². The molecule has 2 aromatic carbocycles. The molecule has 2 rings (SSSR count). The molecule has 2 aromatic rings. The van der Waals surface area contributed by atoms with Gasteiger partial charge in [0.05, 0.1) is 7.11 Å².